The van der Waals surface area contributed by atoms with E-state index in [0.717, 1.165) is 45.0 Å². The number of hydrogen-bond donors (Lipinski definition) is 3. The van der Waals surface area contributed by atoms with Gasteiger partial charge >= 0.3 is 0 Å². The maximum atomic E-state index is 12.6. The first-order valence-corrected chi connectivity index (χ1v) is 11.9. The molecule has 0 fully saturated rings. The zero-order valence-corrected chi connectivity index (χ0v) is 21.9. The summed E-state index contributed by atoms with van der Waals surface area (Å²) in [5.41, 5.74) is 5.04. The van der Waals surface area contributed by atoms with Crippen LogP contribution in [0.4, 0.5) is 0 Å². The molecule has 172 valence electrons. The lowest BCUT2D eigenvalue weighted by Crippen LogP contribution is -2.39. The SMILES string of the molecule is CCNC(=NCCC(=O)N1CCc2sccc2C1)NCCc1c[nH]c2cc(C)ccc12.I. The fourth-order valence-corrected chi connectivity index (χ4v) is 4.94. The van der Waals surface area contributed by atoms with E-state index in [0.29, 0.717) is 13.0 Å². The van der Waals surface area contributed by atoms with Crippen molar-refractivity contribution in [2.45, 2.75) is 39.7 Å². The quantitative estimate of drug-likeness (QED) is 0.228. The van der Waals surface area contributed by atoms with E-state index in [-0.39, 0.29) is 29.9 Å². The van der Waals surface area contributed by atoms with Gasteiger partial charge in [-0.2, -0.15) is 0 Å². The van der Waals surface area contributed by atoms with E-state index in [9.17, 15) is 4.79 Å². The van der Waals surface area contributed by atoms with E-state index in [1.165, 1.54) is 32.5 Å². The molecule has 8 heteroatoms. The van der Waals surface area contributed by atoms with Gasteiger partial charge in [0.15, 0.2) is 5.96 Å². The van der Waals surface area contributed by atoms with Crippen molar-refractivity contribution in [2.75, 3.05) is 26.2 Å². The summed E-state index contributed by atoms with van der Waals surface area (Å²) in [6.07, 6.45) is 4.41. The topological polar surface area (TPSA) is 72.5 Å². The molecule has 0 unspecified atom stereocenters. The average Bonchev–Trinajstić information content (AvgIpc) is 3.39. The van der Waals surface area contributed by atoms with E-state index in [1.807, 2.05) is 4.90 Å². The third-order valence-electron chi connectivity index (χ3n) is 5.71. The first kappa shape index (κ1) is 24.6. The molecule has 32 heavy (non-hydrogen) atoms. The number of thiophene rings is 1. The minimum atomic E-state index is 0. The minimum Gasteiger partial charge on any atom is -0.361 e. The largest absolute Gasteiger partial charge is 0.361 e. The Hall–Kier alpha value is -2.07. The first-order chi connectivity index (χ1) is 15.1. The Morgan fingerprint density at radius 1 is 1.28 bits per heavy atom. The molecule has 0 saturated heterocycles. The van der Waals surface area contributed by atoms with E-state index in [1.54, 1.807) is 11.3 Å². The van der Waals surface area contributed by atoms with Crippen LogP contribution in [0.5, 0.6) is 0 Å². The number of fused-ring (bicyclic) bond motifs is 2. The van der Waals surface area contributed by atoms with Crippen LogP contribution in [0.1, 0.15) is 34.9 Å². The number of nitrogens with zero attached hydrogens (tertiary/aromatic N) is 2. The summed E-state index contributed by atoms with van der Waals surface area (Å²) in [6.45, 7) is 7.79. The number of guanidine groups is 1. The normalized spacial score (nSPS) is 13.6. The van der Waals surface area contributed by atoms with Crippen LogP contribution in [0.2, 0.25) is 0 Å². The molecular formula is C24H32IN5OS. The predicted octanol–water partition coefficient (Wildman–Crippen LogP) is 4.23. The van der Waals surface area contributed by atoms with Crippen molar-refractivity contribution in [1.29, 1.82) is 0 Å². The van der Waals surface area contributed by atoms with Gasteiger partial charge in [-0.05, 0) is 60.9 Å². The van der Waals surface area contributed by atoms with E-state index in [4.69, 9.17) is 0 Å². The summed E-state index contributed by atoms with van der Waals surface area (Å²) in [5, 5.41) is 10.1. The van der Waals surface area contributed by atoms with Gasteiger partial charge in [0.2, 0.25) is 5.91 Å². The Kier molecular flexibility index (Phi) is 8.98. The van der Waals surface area contributed by atoms with Gasteiger partial charge in [0.05, 0.1) is 6.54 Å². The van der Waals surface area contributed by atoms with Crippen LogP contribution < -0.4 is 10.6 Å². The number of aromatic nitrogens is 1. The van der Waals surface area contributed by atoms with Crippen LogP contribution in [-0.2, 0) is 24.2 Å². The van der Waals surface area contributed by atoms with Crippen molar-refractivity contribution in [3.63, 3.8) is 0 Å². The fourth-order valence-electron chi connectivity index (χ4n) is 4.05. The van der Waals surface area contributed by atoms with Crippen molar-refractivity contribution in [1.82, 2.24) is 20.5 Å². The molecule has 0 atom stereocenters. The number of hydrogen-bond acceptors (Lipinski definition) is 3. The van der Waals surface area contributed by atoms with Crippen molar-refractivity contribution in [3.8, 4) is 0 Å². The average molecular weight is 566 g/mol. The number of halogens is 1. The highest BCUT2D eigenvalue weighted by atomic mass is 127. The first-order valence-electron chi connectivity index (χ1n) is 11.1. The van der Waals surface area contributed by atoms with Gasteiger partial charge in [0.1, 0.15) is 0 Å². The summed E-state index contributed by atoms with van der Waals surface area (Å²) >= 11 is 1.80. The summed E-state index contributed by atoms with van der Waals surface area (Å²) in [7, 11) is 0. The predicted molar refractivity (Wildman–Crippen MR) is 144 cm³/mol. The molecule has 3 heterocycles. The summed E-state index contributed by atoms with van der Waals surface area (Å²) in [5.74, 6) is 0.954. The number of carbonyl (C=O) groups is 1. The van der Waals surface area contributed by atoms with Crippen LogP contribution in [-0.4, -0.2) is 47.9 Å². The zero-order chi connectivity index (χ0) is 21.6. The van der Waals surface area contributed by atoms with E-state index in [2.05, 4.69) is 70.3 Å². The monoisotopic (exact) mass is 565 g/mol. The molecule has 6 nitrogen and oxygen atoms in total. The van der Waals surface area contributed by atoms with Gasteiger partial charge in [-0.1, -0.05) is 12.1 Å². The molecule has 3 N–H and O–H groups in total. The number of aryl methyl sites for hydroxylation is 1. The maximum absolute atomic E-state index is 12.6. The molecule has 0 aliphatic carbocycles. The number of nitrogens with one attached hydrogen (secondary N) is 3. The number of amides is 1. The lowest BCUT2D eigenvalue weighted by Gasteiger charge is -2.26. The third-order valence-corrected chi connectivity index (χ3v) is 6.73. The molecule has 4 rings (SSSR count). The molecular weight excluding hydrogens is 533 g/mol. The van der Waals surface area contributed by atoms with Gasteiger partial charge in [0, 0.05) is 54.6 Å². The smallest absolute Gasteiger partial charge is 0.224 e. The zero-order valence-electron chi connectivity index (χ0n) is 18.7. The Morgan fingerprint density at radius 3 is 3.00 bits per heavy atom. The summed E-state index contributed by atoms with van der Waals surface area (Å²) < 4.78 is 0. The number of aliphatic imine (C=N–C) groups is 1. The Morgan fingerprint density at radius 2 is 2.16 bits per heavy atom. The summed E-state index contributed by atoms with van der Waals surface area (Å²) in [4.78, 5) is 24.0. The molecule has 2 aromatic heterocycles. The molecule has 1 aliphatic rings. The number of rotatable bonds is 7. The van der Waals surface area contributed by atoms with Crippen LogP contribution in [0.25, 0.3) is 10.9 Å². The molecule has 1 aromatic carbocycles. The molecule has 0 saturated carbocycles. The Balaban J connectivity index is 0.00000289. The lowest BCUT2D eigenvalue weighted by atomic mass is 10.1. The molecule has 1 amide bonds. The molecule has 0 bridgehead atoms. The second kappa shape index (κ2) is 11.7. The maximum Gasteiger partial charge on any atom is 0.224 e. The molecule has 3 aromatic rings. The van der Waals surface area contributed by atoms with Crippen molar-refractivity contribution >= 4 is 58.1 Å². The highest BCUT2D eigenvalue weighted by molar-refractivity contribution is 14.0. The van der Waals surface area contributed by atoms with E-state index >= 15 is 0 Å². The minimum absolute atomic E-state index is 0. The van der Waals surface area contributed by atoms with Gasteiger partial charge in [0.25, 0.3) is 0 Å². The fraction of sp³-hybridized carbons (Fsp3) is 0.417. The van der Waals surface area contributed by atoms with Crippen LogP contribution in [0.3, 0.4) is 0 Å². The third kappa shape index (κ3) is 6.04. The van der Waals surface area contributed by atoms with Crippen LogP contribution in [0, 0.1) is 6.92 Å². The number of aromatic amines is 1. The molecule has 0 spiro atoms. The van der Waals surface area contributed by atoms with Crippen LogP contribution >= 0.6 is 35.3 Å². The Bertz CT molecular complexity index is 1070. The van der Waals surface area contributed by atoms with Gasteiger partial charge in [-0.15, -0.1) is 35.3 Å². The van der Waals surface area contributed by atoms with Gasteiger partial charge < -0.3 is 20.5 Å². The molecule has 1 aliphatic heterocycles. The van der Waals surface area contributed by atoms with Crippen molar-refractivity contribution in [2.24, 2.45) is 4.99 Å². The number of carbonyl (C=O) groups excluding carboxylic acids is 1. The standard InChI is InChI=1S/C24H31N5OS.HI/c1-3-25-24(26-10-6-18-15-28-21-14-17(2)4-5-20(18)21)27-11-7-23(30)29-12-8-22-19(16-29)9-13-31-22;/h4-5,9,13-15,28H,3,6-8,10-12,16H2,1-2H3,(H2,25,26,27);1H. The number of benzene rings is 1. The van der Waals surface area contributed by atoms with Crippen molar-refractivity contribution in [3.05, 3.63) is 57.4 Å². The molecule has 0 radical (unpaired) electrons. The number of H-pyrrole nitrogens is 1. The van der Waals surface area contributed by atoms with Gasteiger partial charge in [-0.3, -0.25) is 9.79 Å². The van der Waals surface area contributed by atoms with Crippen molar-refractivity contribution < 1.29 is 4.79 Å². The van der Waals surface area contributed by atoms with Crippen LogP contribution in [0.15, 0.2) is 40.8 Å². The van der Waals surface area contributed by atoms with E-state index < -0.39 is 0 Å². The summed E-state index contributed by atoms with van der Waals surface area (Å²) in [6, 6.07) is 8.65. The highest BCUT2D eigenvalue weighted by Gasteiger charge is 2.20. The highest BCUT2D eigenvalue weighted by Crippen LogP contribution is 2.24. The Labute approximate surface area is 210 Å². The second-order valence-electron chi connectivity index (χ2n) is 7.98. The lowest BCUT2D eigenvalue weighted by molar-refractivity contribution is -0.131. The second-order valence-corrected chi connectivity index (χ2v) is 8.99. The van der Waals surface area contributed by atoms with Gasteiger partial charge in [-0.25, -0.2) is 0 Å².